The minimum Gasteiger partial charge on any atom is -0.0839 e. The summed E-state index contributed by atoms with van der Waals surface area (Å²) in [4.78, 5) is 0. The highest BCUT2D eigenvalue weighted by atomic mass is 14.1. The minimum absolute atomic E-state index is 1.14. The van der Waals surface area contributed by atoms with Crippen LogP contribution in [0.2, 0.25) is 0 Å². The molecule has 0 bridgehead atoms. The molecule has 0 fully saturated rings. The predicted molar refractivity (Wildman–Crippen MR) is 110 cm³/mol. The van der Waals surface area contributed by atoms with E-state index in [-0.39, 0.29) is 0 Å². The Hall–Kier alpha value is -0.520. The van der Waals surface area contributed by atoms with Crippen LogP contribution >= 0.6 is 0 Å². The van der Waals surface area contributed by atoms with E-state index < -0.39 is 0 Å². The first-order valence-electron chi connectivity index (χ1n) is 11.1. The van der Waals surface area contributed by atoms with Gasteiger partial charge in [-0.2, -0.15) is 0 Å². The van der Waals surface area contributed by atoms with Crippen molar-refractivity contribution >= 4 is 0 Å². The third-order valence-electron chi connectivity index (χ3n) is 5.28. The molecule has 24 heavy (non-hydrogen) atoms. The lowest BCUT2D eigenvalue weighted by Crippen LogP contribution is -1.89. The van der Waals surface area contributed by atoms with Gasteiger partial charge in [-0.05, 0) is 25.7 Å². The second kappa shape index (κ2) is 17.3. The zero-order valence-electron chi connectivity index (χ0n) is 16.5. The fourth-order valence-corrected chi connectivity index (χ4v) is 3.62. The van der Waals surface area contributed by atoms with E-state index in [9.17, 15) is 0 Å². The average Bonchev–Trinajstić information content (AvgIpc) is 2.62. The third kappa shape index (κ3) is 13.9. The Morgan fingerprint density at radius 3 is 1.50 bits per heavy atom. The molecule has 1 radical (unpaired) electrons. The van der Waals surface area contributed by atoms with E-state index in [2.05, 4.69) is 31.6 Å². The highest BCUT2D eigenvalue weighted by Crippen LogP contribution is 2.19. The van der Waals surface area contributed by atoms with Crippen molar-refractivity contribution in [3.63, 3.8) is 0 Å². The van der Waals surface area contributed by atoms with Crippen LogP contribution in [0, 0.1) is 6.42 Å². The summed E-state index contributed by atoms with van der Waals surface area (Å²) in [6.45, 7) is 2.30. The Balaban J connectivity index is 1.69. The normalized spacial score (nSPS) is 14.1. The second-order valence-corrected chi connectivity index (χ2v) is 7.66. The molecule has 0 atom stereocenters. The van der Waals surface area contributed by atoms with Crippen molar-refractivity contribution in [2.24, 2.45) is 0 Å². The molecule has 0 aromatic rings. The fourth-order valence-electron chi connectivity index (χ4n) is 3.62. The van der Waals surface area contributed by atoms with Crippen LogP contribution in [0.4, 0.5) is 0 Å². The quantitative estimate of drug-likeness (QED) is 0.234. The summed E-state index contributed by atoms with van der Waals surface area (Å²) in [5.41, 5.74) is 1.56. The van der Waals surface area contributed by atoms with Crippen molar-refractivity contribution in [3.8, 4) is 0 Å². The topological polar surface area (TPSA) is 0 Å². The molecule has 0 aromatic carbocycles. The lowest BCUT2D eigenvalue weighted by Gasteiger charge is -2.08. The SMILES string of the molecule is CCCCCCCCCCCCCCCCCCC1=CC=CC[CH]1. The molecule has 1 aliphatic carbocycles. The van der Waals surface area contributed by atoms with Crippen molar-refractivity contribution in [3.05, 3.63) is 30.2 Å². The van der Waals surface area contributed by atoms with Gasteiger partial charge in [0.15, 0.2) is 0 Å². The highest BCUT2D eigenvalue weighted by molar-refractivity contribution is 5.25. The van der Waals surface area contributed by atoms with Crippen LogP contribution in [0.1, 0.15) is 122 Å². The van der Waals surface area contributed by atoms with E-state index in [1.807, 2.05) is 0 Å². The van der Waals surface area contributed by atoms with E-state index in [0.29, 0.717) is 0 Å². The van der Waals surface area contributed by atoms with Gasteiger partial charge in [-0.15, -0.1) is 0 Å². The van der Waals surface area contributed by atoms with Crippen molar-refractivity contribution in [1.29, 1.82) is 0 Å². The molecule has 0 heterocycles. The zero-order valence-corrected chi connectivity index (χ0v) is 16.5. The summed E-state index contributed by atoms with van der Waals surface area (Å²) in [6.07, 6.45) is 34.8. The van der Waals surface area contributed by atoms with Crippen molar-refractivity contribution < 1.29 is 0 Å². The lowest BCUT2D eigenvalue weighted by molar-refractivity contribution is 0.529. The van der Waals surface area contributed by atoms with E-state index in [4.69, 9.17) is 0 Å². The van der Waals surface area contributed by atoms with E-state index >= 15 is 0 Å². The molecule has 0 amide bonds. The summed E-state index contributed by atoms with van der Waals surface area (Å²) in [5.74, 6) is 0. The van der Waals surface area contributed by atoms with Crippen LogP contribution < -0.4 is 0 Å². The molecule has 0 saturated carbocycles. The number of allylic oxidation sites excluding steroid dienone is 4. The van der Waals surface area contributed by atoms with Gasteiger partial charge in [-0.3, -0.25) is 0 Å². The van der Waals surface area contributed by atoms with Crippen LogP contribution in [0.3, 0.4) is 0 Å². The zero-order chi connectivity index (χ0) is 17.1. The first-order chi connectivity index (χ1) is 11.9. The van der Waals surface area contributed by atoms with Gasteiger partial charge in [0.2, 0.25) is 0 Å². The Labute approximate surface area is 153 Å². The molecule has 1 rings (SSSR count). The van der Waals surface area contributed by atoms with Crippen LogP contribution in [0.15, 0.2) is 23.8 Å². The highest BCUT2D eigenvalue weighted by Gasteiger charge is 2.00. The number of unbranched alkanes of at least 4 members (excludes halogenated alkanes) is 15. The molecule has 0 aliphatic heterocycles. The van der Waals surface area contributed by atoms with Gasteiger partial charge in [0, 0.05) is 0 Å². The van der Waals surface area contributed by atoms with Crippen molar-refractivity contribution in [2.45, 2.75) is 122 Å². The Bertz CT molecular complexity index is 310. The van der Waals surface area contributed by atoms with Crippen molar-refractivity contribution in [2.75, 3.05) is 0 Å². The standard InChI is InChI=1S/C24H43/c1-2-3-4-5-6-7-8-9-10-11-12-13-14-15-16-18-21-24-22-19-17-20-23-24/h17,19,22-23H,2-16,18,20-21H2,1H3. The summed E-state index contributed by atoms with van der Waals surface area (Å²) >= 11 is 0. The van der Waals surface area contributed by atoms with Gasteiger partial charge in [-0.1, -0.05) is 127 Å². The van der Waals surface area contributed by atoms with Gasteiger partial charge in [0.25, 0.3) is 0 Å². The van der Waals surface area contributed by atoms with Gasteiger partial charge in [-0.25, -0.2) is 0 Å². The Morgan fingerprint density at radius 2 is 1.08 bits per heavy atom. The summed E-state index contributed by atoms with van der Waals surface area (Å²) in [7, 11) is 0. The van der Waals surface area contributed by atoms with Gasteiger partial charge < -0.3 is 0 Å². The molecule has 0 nitrogen and oxygen atoms in total. The first-order valence-corrected chi connectivity index (χ1v) is 11.1. The smallest absolute Gasteiger partial charge is 0.00967 e. The molecular formula is C24H43. The van der Waals surface area contributed by atoms with Crippen LogP contribution in [0.5, 0.6) is 0 Å². The molecule has 1 aliphatic rings. The van der Waals surface area contributed by atoms with Crippen LogP contribution in [-0.4, -0.2) is 0 Å². The summed E-state index contributed by atoms with van der Waals surface area (Å²) in [5, 5.41) is 0. The largest absolute Gasteiger partial charge is 0.0839 e. The summed E-state index contributed by atoms with van der Waals surface area (Å²) in [6, 6.07) is 0. The number of hydrogen-bond acceptors (Lipinski definition) is 0. The fraction of sp³-hybridized carbons (Fsp3) is 0.792. The van der Waals surface area contributed by atoms with Crippen LogP contribution in [0.25, 0.3) is 0 Å². The molecule has 0 aromatic heterocycles. The third-order valence-corrected chi connectivity index (χ3v) is 5.28. The summed E-state index contributed by atoms with van der Waals surface area (Å²) < 4.78 is 0. The van der Waals surface area contributed by atoms with E-state index in [0.717, 1.165) is 6.42 Å². The maximum atomic E-state index is 2.38. The minimum atomic E-state index is 1.14. The molecule has 0 heteroatoms. The van der Waals surface area contributed by atoms with E-state index in [1.165, 1.54) is 109 Å². The first kappa shape index (κ1) is 21.5. The van der Waals surface area contributed by atoms with Gasteiger partial charge in [0.05, 0.1) is 0 Å². The van der Waals surface area contributed by atoms with Crippen molar-refractivity contribution in [1.82, 2.24) is 0 Å². The Morgan fingerprint density at radius 1 is 0.625 bits per heavy atom. The molecule has 0 unspecified atom stereocenters. The molecule has 0 saturated heterocycles. The average molecular weight is 332 g/mol. The monoisotopic (exact) mass is 331 g/mol. The molecule has 0 N–H and O–H groups in total. The molecule has 0 spiro atoms. The Kier molecular flexibility index (Phi) is 15.5. The molecule has 139 valence electrons. The van der Waals surface area contributed by atoms with Gasteiger partial charge >= 0.3 is 0 Å². The lowest BCUT2D eigenvalue weighted by atomic mass is 9.98. The van der Waals surface area contributed by atoms with E-state index in [1.54, 1.807) is 5.57 Å². The maximum absolute atomic E-state index is 2.38. The van der Waals surface area contributed by atoms with Gasteiger partial charge in [0.1, 0.15) is 0 Å². The number of hydrogen-bond donors (Lipinski definition) is 0. The molecular weight excluding hydrogens is 288 g/mol. The van der Waals surface area contributed by atoms with Crippen LogP contribution in [-0.2, 0) is 0 Å². The maximum Gasteiger partial charge on any atom is -0.00967 e. The predicted octanol–water partition coefficient (Wildman–Crippen LogP) is 8.73. The number of rotatable bonds is 17. The second-order valence-electron chi connectivity index (χ2n) is 7.66.